The summed E-state index contributed by atoms with van der Waals surface area (Å²) in [6.07, 6.45) is 0.947. The Balaban J connectivity index is 1.38. The maximum Gasteiger partial charge on any atom is 0.251 e. The molecule has 0 fully saturated rings. The van der Waals surface area contributed by atoms with Crippen molar-refractivity contribution in [1.29, 1.82) is 0 Å². The SMILES string of the molecule is CC(C)(CN1CCc2c(cccc2OCc2ccccc2)C1)NC(=O)c1ccccc1. The number of hydrogen-bond acceptors (Lipinski definition) is 3. The van der Waals surface area contributed by atoms with Crippen molar-refractivity contribution in [2.24, 2.45) is 0 Å². The van der Waals surface area contributed by atoms with Crippen LogP contribution in [-0.4, -0.2) is 29.4 Å². The highest BCUT2D eigenvalue weighted by atomic mass is 16.5. The number of hydrogen-bond donors (Lipinski definition) is 1. The Hall–Kier alpha value is -3.11. The highest BCUT2D eigenvalue weighted by Crippen LogP contribution is 2.29. The van der Waals surface area contributed by atoms with Crippen molar-refractivity contribution in [1.82, 2.24) is 10.2 Å². The summed E-state index contributed by atoms with van der Waals surface area (Å²) >= 11 is 0. The second kappa shape index (κ2) is 9.36. The van der Waals surface area contributed by atoms with Gasteiger partial charge in [-0.1, -0.05) is 60.7 Å². The summed E-state index contributed by atoms with van der Waals surface area (Å²) in [7, 11) is 0. The minimum Gasteiger partial charge on any atom is -0.489 e. The van der Waals surface area contributed by atoms with Gasteiger partial charge in [-0.25, -0.2) is 0 Å². The van der Waals surface area contributed by atoms with Crippen LogP contribution in [0.4, 0.5) is 0 Å². The molecule has 3 aromatic rings. The third-order valence-corrected chi connectivity index (χ3v) is 5.65. The van der Waals surface area contributed by atoms with Crippen molar-refractivity contribution in [2.75, 3.05) is 13.1 Å². The molecule has 1 aliphatic rings. The maximum atomic E-state index is 12.6. The quantitative estimate of drug-likeness (QED) is 0.602. The minimum absolute atomic E-state index is 0.0281. The van der Waals surface area contributed by atoms with Gasteiger partial charge in [0.25, 0.3) is 5.91 Å². The van der Waals surface area contributed by atoms with Gasteiger partial charge in [0.2, 0.25) is 0 Å². The van der Waals surface area contributed by atoms with Crippen LogP contribution in [-0.2, 0) is 19.6 Å². The molecule has 0 aromatic heterocycles. The first-order chi connectivity index (χ1) is 15.0. The van der Waals surface area contributed by atoms with Gasteiger partial charge in [0.05, 0.1) is 0 Å². The molecule has 1 heterocycles. The molecular formula is C27H30N2O2. The highest BCUT2D eigenvalue weighted by Gasteiger charge is 2.27. The van der Waals surface area contributed by atoms with Crippen molar-refractivity contribution in [3.05, 3.63) is 101 Å². The molecular weight excluding hydrogens is 384 g/mol. The molecule has 3 aromatic carbocycles. The normalized spacial score (nSPS) is 14.0. The highest BCUT2D eigenvalue weighted by molar-refractivity contribution is 5.94. The molecule has 0 saturated carbocycles. The average Bonchev–Trinajstić information content (AvgIpc) is 2.78. The number of rotatable bonds is 7. The number of amides is 1. The van der Waals surface area contributed by atoms with E-state index in [4.69, 9.17) is 4.74 Å². The second-order valence-electron chi connectivity index (χ2n) is 8.83. The van der Waals surface area contributed by atoms with Crippen molar-refractivity contribution >= 4 is 5.91 Å². The lowest BCUT2D eigenvalue weighted by molar-refractivity contribution is 0.0881. The van der Waals surface area contributed by atoms with Gasteiger partial charge in [0, 0.05) is 30.7 Å². The molecule has 160 valence electrons. The average molecular weight is 415 g/mol. The Morgan fingerprint density at radius 2 is 1.68 bits per heavy atom. The van der Waals surface area contributed by atoms with Crippen LogP contribution in [0.25, 0.3) is 0 Å². The van der Waals surface area contributed by atoms with Crippen molar-refractivity contribution in [3.63, 3.8) is 0 Å². The fourth-order valence-corrected chi connectivity index (χ4v) is 4.21. The van der Waals surface area contributed by atoms with Crippen molar-refractivity contribution in [2.45, 2.75) is 39.0 Å². The molecule has 0 radical (unpaired) electrons. The first kappa shape index (κ1) is 21.1. The van der Waals surface area contributed by atoms with Gasteiger partial charge < -0.3 is 10.1 Å². The smallest absolute Gasteiger partial charge is 0.251 e. The van der Waals surface area contributed by atoms with E-state index in [0.717, 1.165) is 31.8 Å². The van der Waals surface area contributed by atoms with Crippen LogP contribution >= 0.6 is 0 Å². The summed E-state index contributed by atoms with van der Waals surface area (Å²) in [6, 6.07) is 26.0. The zero-order valence-corrected chi connectivity index (χ0v) is 18.3. The van der Waals surface area contributed by atoms with Crippen LogP contribution in [0.5, 0.6) is 5.75 Å². The van der Waals surface area contributed by atoms with Gasteiger partial charge in [0.1, 0.15) is 12.4 Å². The zero-order valence-electron chi connectivity index (χ0n) is 18.3. The summed E-state index contributed by atoms with van der Waals surface area (Å²) in [5.74, 6) is 0.956. The molecule has 4 heteroatoms. The van der Waals surface area contributed by atoms with E-state index in [9.17, 15) is 4.79 Å². The van der Waals surface area contributed by atoms with Gasteiger partial charge in [-0.3, -0.25) is 9.69 Å². The van der Waals surface area contributed by atoms with Gasteiger partial charge in [-0.15, -0.1) is 0 Å². The third-order valence-electron chi connectivity index (χ3n) is 5.65. The molecule has 0 unspecified atom stereocenters. The Kier molecular flexibility index (Phi) is 6.38. The topological polar surface area (TPSA) is 41.6 Å². The number of ether oxygens (including phenoxy) is 1. The molecule has 0 atom stereocenters. The van der Waals surface area contributed by atoms with E-state index in [1.54, 1.807) is 0 Å². The second-order valence-corrected chi connectivity index (χ2v) is 8.83. The van der Waals surface area contributed by atoms with Gasteiger partial charge in [0.15, 0.2) is 0 Å². The fourth-order valence-electron chi connectivity index (χ4n) is 4.21. The lowest BCUT2D eigenvalue weighted by Gasteiger charge is -2.36. The van der Waals surface area contributed by atoms with Gasteiger partial charge in [-0.05, 0) is 55.2 Å². The molecule has 4 nitrogen and oxygen atoms in total. The van der Waals surface area contributed by atoms with Gasteiger partial charge in [-0.2, -0.15) is 0 Å². The fraction of sp³-hybridized carbons (Fsp3) is 0.296. The lowest BCUT2D eigenvalue weighted by Crippen LogP contribution is -2.52. The summed E-state index contributed by atoms with van der Waals surface area (Å²) in [5.41, 5.74) is 4.15. The predicted molar refractivity (Wildman–Crippen MR) is 124 cm³/mol. The van der Waals surface area contributed by atoms with Crippen LogP contribution in [0.1, 0.15) is 40.9 Å². The van der Waals surface area contributed by atoms with E-state index in [-0.39, 0.29) is 11.4 Å². The molecule has 4 rings (SSSR count). The Morgan fingerprint density at radius 1 is 0.968 bits per heavy atom. The number of fused-ring (bicyclic) bond motifs is 1. The van der Waals surface area contributed by atoms with E-state index >= 15 is 0 Å². The van der Waals surface area contributed by atoms with E-state index in [0.29, 0.717) is 12.2 Å². The van der Waals surface area contributed by atoms with Crippen molar-refractivity contribution in [3.8, 4) is 5.75 Å². The van der Waals surface area contributed by atoms with Crippen LogP contribution < -0.4 is 10.1 Å². The molecule has 0 bridgehead atoms. The standard InChI is InChI=1S/C27H30N2O2/c1-27(2,28-26(30)22-12-7-4-8-13-22)20-29-17-16-24-23(18-29)14-9-15-25(24)31-19-21-10-5-3-6-11-21/h3-15H,16-20H2,1-2H3,(H,28,30). The Bertz CT molecular complexity index is 1020. The summed E-state index contributed by atoms with van der Waals surface area (Å²) in [5, 5.41) is 3.19. The van der Waals surface area contributed by atoms with E-state index in [1.807, 2.05) is 48.5 Å². The lowest BCUT2D eigenvalue weighted by atomic mass is 9.96. The number of nitrogens with zero attached hydrogens (tertiary/aromatic N) is 1. The maximum absolute atomic E-state index is 12.6. The number of benzene rings is 3. The predicted octanol–water partition coefficient (Wildman–Crippen LogP) is 4.83. The molecule has 0 spiro atoms. The van der Waals surface area contributed by atoms with Crippen LogP contribution in [0, 0.1) is 0 Å². The van der Waals surface area contributed by atoms with E-state index in [1.165, 1.54) is 16.7 Å². The monoisotopic (exact) mass is 414 g/mol. The van der Waals surface area contributed by atoms with Gasteiger partial charge >= 0.3 is 0 Å². The molecule has 1 N–H and O–H groups in total. The number of carbonyl (C=O) groups excluding carboxylic acids is 1. The molecule has 1 aliphatic heterocycles. The molecule has 0 saturated heterocycles. The molecule has 0 aliphatic carbocycles. The third kappa shape index (κ3) is 5.53. The molecule has 1 amide bonds. The first-order valence-corrected chi connectivity index (χ1v) is 10.9. The summed E-state index contributed by atoms with van der Waals surface area (Å²) < 4.78 is 6.15. The van der Waals surface area contributed by atoms with E-state index in [2.05, 4.69) is 54.4 Å². The molecule has 31 heavy (non-hydrogen) atoms. The van der Waals surface area contributed by atoms with Crippen molar-refractivity contribution < 1.29 is 9.53 Å². The first-order valence-electron chi connectivity index (χ1n) is 10.9. The van der Waals surface area contributed by atoms with E-state index < -0.39 is 0 Å². The zero-order chi connectivity index (χ0) is 21.7. The number of carbonyl (C=O) groups is 1. The van der Waals surface area contributed by atoms with Crippen LogP contribution in [0.2, 0.25) is 0 Å². The Labute approximate surface area is 184 Å². The Morgan fingerprint density at radius 3 is 2.42 bits per heavy atom. The van der Waals surface area contributed by atoms with Crippen LogP contribution in [0.3, 0.4) is 0 Å². The largest absolute Gasteiger partial charge is 0.489 e. The summed E-state index contributed by atoms with van der Waals surface area (Å²) in [4.78, 5) is 15.0. The number of nitrogens with one attached hydrogen (secondary N) is 1. The minimum atomic E-state index is -0.328. The summed E-state index contributed by atoms with van der Waals surface area (Å²) in [6.45, 7) is 7.36. The van der Waals surface area contributed by atoms with Crippen LogP contribution in [0.15, 0.2) is 78.9 Å².